The highest BCUT2D eigenvalue weighted by molar-refractivity contribution is 5.91. The summed E-state index contributed by atoms with van der Waals surface area (Å²) in [5.41, 5.74) is 5.80. The molecule has 4 N–H and O–H groups in total. The zero-order valence-electron chi connectivity index (χ0n) is 11.0. The smallest absolute Gasteiger partial charge is 0.338 e. The van der Waals surface area contributed by atoms with Gasteiger partial charge in [-0.3, -0.25) is 0 Å². The predicted molar refractivity (Wildman–Crippen MR) is 74.0 cm³/mol. The Balaban J connectivity index is 2.36. The number of ether oxygens (including phenoxy) is 1. The van der Waals surface area contributed by atoms with E-state index in [4.69, 9.17) is 15.6 Å². The minimum absolute atomic E-state index is 0.0150. The highest BCUT2D eigenvalue weighted by Crippen LogP contribution is 2.29. The number of benzene rings is 2. The van der Waals surface area contributed by atoms with E-state index in [1.165, 1.54) is 25.3 Å². The first kappa shape index (κ1) is 14.6. The maximum absolute atomic E-state index is 13.6. The number of nitrogens with two attached hydrogens (primary N) is 1. The zero-order valence-corrected chi connectivity index (χ0v) is 11.0. The van der Waals surface area contributed by atoms with Gasteiger partial charge in [-0.25, -0.2) is 13.6 Å². The van der Waals surface area contributed by atoms with E-state index >= 15 is 0 Å². The Bertz CT molecular complexity index is 705. The molecule has 2 rings (SSSR count). The van der Waals surface area contributed by atoms with Crippen molar-refractivity contribution < 1.29 is 23.4 Å². The third-order valence-electron chi connectivity index (χ3n) is 2.80. The molecular formula is C14H12F2N2O3. The molecule has 0 unspecified atom stereocenters. The van der Waals surface area contributed by atoms with E-state index in [2.05, 4.69) is 5.32 Å². The van der Waals surface area contributed by atoms with E-state index in [0.717, 1.165) is 12.1 Å². The van der Waals surface area contributed by atoms with E-state index < -0.39 is 23.2 Å². The van der Waals surface area contributed by atoms with Crippen LogP contribution in [-0.4, -0.2) is 18.2 Å². The number of halogens is 2. The van der Waals surface area contributed by atoms with Gasteiger partial charge in [0.25, 0.3) is 0 Å². The second-order valence-corrected chi connectivity index (χ2v) is 4.20. The van der Waals surface area contributed by atoms with Gasteiger partial charge in [-0.2, -0.15) is 0 Å². The fraction of sp³-hybridized carbons (Fsp3) is 0.0714. The van der Waals surface area contributed by atoms with Crippen molar-refractivity contribution in [2.24, 2.45) is 0 Å². The molecule has 21 heavy (non-hydrogen) atoms. The number of carboxylic acids is 1. The summed E-state index contributed by atoms with van der Waals surface area (Å²) in [5, 5.41) is 11.6. The van der Waals surface area contributed by atoms with E-state index in [1.807, 2.05) is 0 Å². The predicted octanol–water partition coefficient (Wildman–Crippen LogP) is 3.00. The largest absolute Gasteiger partial charge is 0.494 e. The lowest BCUT2D eigenvalue weighted by Crippen LogP contribution is -2.05. The summed E-state index contributed by atoms with van der Waals surface area (Å²) in [4.78, 5) is 10.8. The molecule has 0 bridgehead atoms. The number of nitrogens with one attached hydrogen (secondary N) is 1. The van der Waals surface area contributed by atoms with Gasteiger partial charge in [0.1, 0.15) is 5.82 Å². The lowest BCUT2D eigenvalue weighted by atomic mass is 10.1. The number of aromatic carboxylic acids is 1. The second kappa shape index (κ2) is 5.66. The van der Waals surface area contributed by atoms with Gasteiger partial charge in [0.05, 0.1) is 24.0 Å². The molecule has 0 aliphatic heterocycles. The normalized spacial score (nSPS) is 10.2. The van der Waals surface area contributed by atoms with Crippen LogP contribution in [0.3, 0.4) is 0 Å². The molecule has 5 nitrogen and oxygen atoms in total. The summed E-state index contributed by atoms with van der Waals surface area (Å²) in [6, 6.07) is 5.95. The van der Waals surface area contributed by atoms with Crippen LogP contribution in [0.15, 0.2) is 30.3 Å². The molecule has 7 heteroatoms. The number of carboxylic acid groups (broad SMARTS) is 1. The van der Waals surface area contributed by atoms with Crippen molar-refractivity contribution in [3.8, 4) is 5.75 Å². The van der Waals surface area contributed by atoms with Gasteiger partial charge < -0.3 is 20.9 Å². The molecule has 0 aliphatic carbocycles. The van der Waals surface area contributed by atoms with Crippen LogP contribution in [0.4, 0.5) is 25.8 Å². The van der Waals surface area contributed by atoms with Gasteiger partial charge in [-0.1, -0.05) is 0 Å². The molecular weight excluding hydrogens is 282 g/mol. The van der Waals surface area contributed by atoms with E-state index in [-0.39, 0.29) is 17.1 Å². The highest BCUT2D eigenvalue weighted by atomic mass is 19.1. The fourth-order valence-corrected chi connectivity index (χ4v) is 1.76. The Morgan fingerprint density at radius 1 is 1.24 bits per heavy atom. The van der Waals surface area contributed by atoms with Crippen molar-refractivity contribution in [2.45, 2.75) is 0 Å². The van der Waals surface area contributed by atoms with Gasteiger partial charge in [0, 0.05) is 17.8 Å². The van der Waals surface area contributed by atoms with Gasteiger partial charge in [-0.05, 0) is 18.2 Å². The zero-order chi connectivity index (χ0) is 15.6. The number of methoxy groups -OCH3 is 1. The van der Waals surface area contributed by atoms with Crippen molar-refractivity contribution in [2.75, 3.05) is 18.2 Å². The number of nitrogen functional groups attached to an aromatic ring is 1. The summed E-state index contributed by atoms with van der Waals surface area (Å²) in [7, 11) is 1.32. The number of hydrogen-bond acceptors (Lipinski definition) is 4. The molecule has 0 spiro atoms. The van der Waals surface area contributed by atoms with Gasteiger partial charge in [0.15, 0.2) is 11.6 Å². The average Bonchev–Trinajstić information content (AvgIpc) is 2.44. The first-order valence-corrected chi connectivity index (χ1v) is 5.85. The third-order valence-corrected chi connectivity index (χ3v) is 2.80. The van der Waals surface area contributed by atoms with E-state index in [9.17, 15) is 13.6 Å². The van der Waals surface area contributed by atoms with Crippen LogP contribution in [0.2, 0.25) is 0 Å². The molecule has 0 saturated heterocycles. The third kappa shape index (κ3) is 3.02. The monoisotopic (exact) mass is 294 g/mol. The number of rotatable bonds is 4. The van der Waals surface area contributed by atoms with Crippen molar-refractivity contribution >= 4 is 23.0 Å². The van der Waals surface area contributed by atoms with Crippen molar-refractivity contribution in [1.29, 1.82) is 0 Å². The minimum Gasteiger partial charge on any atom is -0.494 e. The molecule has 110 valence electrons. The Morgan fingerprint density at radius 2 is 1.95 bits per heavy atom. The Labute approximate surface area is 119 Å². The van der Waals surface area contributed by atoms with Gasteiger partial charge >= 0.3 is 5.97 Å². The lowest BCUT2D eigenvalue weighted by molar-refractivity contribution is 0.0692. The maximum atomic E-state index is 13.6. The molecule has 0 aromatic heterocycles. The standard InChI is InChI=1S/C14H12F2N2O3/c1-21-13-4-7(2-3-9(13)15)18-12-6-10(16)8(14(19)20)5-11(12)17/h2-6,18H,17H2,1H3,(H,19,20). The Kier molecular flexibility index (Phi) is 3.93. The summed E-state index contributed by atoms with van der Waals surface area (Å²) < 4.78 is 31.8. The quantitative estimate of drug-likeness (QED) is 0.755. The highest BCUT2D eigenvalue weighted by Gasteiger charge is 2.14. The minimum atomic E-state index is -1.41. The van der Waals surface area contributed by atoms with Crippen LogP contribution < -0.4 is 15.8 Å². The lowest BCUT2D eigenvalue weighted by Gasteiger charge is -2.12. The topological polar surface area (TPSA) is 84.6 Å². The SMILES string of the molecule is COc1cc(Nc2cc(F)c(C(=O)O)cc2N)ccc1F. The molecule has 0 fully saturated rings. The van der Waals surface area contributed by atoms with Crippen molar-refractivity contribution in [3.63, 3.8) is 0 Å². The summed E-state index contributed by atoms with van der Waals surface area (Å²) in [6.07, 6.45) is 0. The molecule has 0 amide bonds. The van der Waals surface area contributed by atoms with Crippen molar-refractivity contribution in [3.05, 3.63) is 47.5 Å². The fourth-order valence-electron chi connectivity index (χ4n) is 1.76. The van der Waals surface area contributed by atoms with E-state index in [1.54, 1.807) is 0 Å². The number of anilines is 3. The summed E-state index contributed by atoms with van der Waals surface area (Å²) in [6.45, 7) is 0. The summed E-state index contributed by atoms with van der Waals surface area (Å²) >= 11 is 0. The average molecular weight is 294 g/mol. The molecule has 2 aromatic carbocycles. The van der Waals surface area contributed by atoms with Crippen LogP contribution in [0.1, 0.15) is 10.4 Å². The van der Waals surface area contributed by atoms with Crippen LogP contribution in [0.25, 0.3) is 0 Å². The molecule has 0 heterocycles. The molecule has 0 radical (unpaired) electrons. The molecule has 0 aliphatic rings. The van der Waals surface area contributed by atoms with Gasteiger partial charge in [-0.15, -0.1) is 0 Å². The van der Waals surface area contributed by atoms with Crippen LogP contribution in [0.5, 0.6) is 5.75 Å². The number of carbonyl (C=O) groups is 1. The summed E-state index contributed by atoms with van der Waals surface area (Å²) in [5.74, 6) is -2.85. The number of hydrogen-bond donors (Lipinski definition) is 3. The maximum Gasteiger partial charge on any atom is 0.338 e. The van der Waals surface area contributed by atoms with Crippen molar-refractivity contribution in [1.82, 2.24) is 0 Å². The molecule has 2 aromatic rings. The molecule has 0 saturated carbocycles. The Morgan fingerprint density at radius 3 is 2.57 bits per heavy atom. The van der Waals surface area contributed by atoms with Crippen LogP contribution in [-0.2, 0) is 0 Å². The van der Waals surface area contributed by atoms with Crippen LogP contribution >= 0.6 is 0 Å². The van der Waals surface area contributed by atoms with Gasteiger partial charge in [0.2, 0.25) is 0 Å². The molecule has 0 atom stereocenters. The van der Waals surface area contributed by atoms with E-state index in [0.29, 0.717) is 5.69 Å². The second-order valence-electron chi connectivity index (χ2n) is 4.20. The van der Waals surface area contributed by atoms with Crippen LogP contribution in [0, 0.1) is 11.6 Å². The first-order chi connectivity index (χ1) is 9.92. The Hall–Kier alpha value is -2.83. The first-order valence-electron chi connectivity index (χ1n) is 5.85.